The average Bonchev–Trinajstić information content (AvgIpc) is 3.10. The van der Waals surface area contributed by atoms with Crippen LogP contribution in [-0.4, -0.2) is 16.1 Å². The van der Waals surface area contributed by atoms with Crippen LogP contribution in [-0.2, 0) is 0 Å². The first-order valence-electron chi connectivity index (χ1n) is 6.29. The molecule has 2 aromatic heterocycles. The molecule has 0 saturated carbocycles. The minimum atomic E-state index is -0.187. The van der Waals surface area contributed by atoms with Gasteiger partial charge in [0.15, 0.2) is 0 Å². The Morgan fingerprint density at radius 2 is 2.05 bits per heavy atom. The number of nitrogens with zero attached hydrogens (tertiary/aromatic N) is 1. The van der Waals surface area contributed by atoms with Crippen LogP contribution in [0.3, 0.4) is 0 Å². The Balaban J connectivity index is 1.90. The first-order valence-corrected chi connectivity index (χ1v) is 7.61. The van der Waals surface area contributed by atoms with Gasteiger partial charge in [-0.2, -0.15) is 16.4 Å². The van der Waals surface area contributed by atoms with Crippen LogP contribution in [0.1, 0.15) is 16.1 Å². The van der Waals surface area contributed by atoms with Crippen molar-refractivity contribution in [2.75, 3.05) is 5.32 Å². The van der Waals surface area contributed by atoms with Gasteiger partial charge in [0, 0.05) is 21.5 Å². The van der Waals surface area contributed by atoms with Gasteiger partial charge in [-0.25, -0.2) is 0 Å². The number of aromatic amines is 1. The van der Waals surface area contributed by atoms with Gasteiger partial charge in [0.2, 0.25) is 0 Å². The smallest absolute Gasteiger partial charge is 0.255 e. The summed E-state index contributed by atoms with van der Waals surface area (Å²) in [7, 11) is 0. The molecule has 3 aromatic rings. The molecule has 106 valence electrons. The molecule has 0 bridgehead atoms. The number of H-pyrrole nitrogens is 1. The molecule has 0 unspecified atom stereocenters. The van der Waals surface area contributed by atoms with E-state index in [0.29, 0.717) is 16.3 Å². The van der Waals surface area contributed by atoms with E-state index in [1.165, 1.54) is 0 Å². The first kappa shape index (κ1) is 13.9. The minimum Gasteiger partial charge on any atom is -0.319 e. The highest BCUT2D eigenvalue weighted by Crippen LogP contribution is 2.30. The Kier molecular flexibility index (Phi) is 3.77. The second-order valence-electron chi connectivity index (χ2n) is 4.55. The molecule has 21 heavy (non-hydrogen) atoms. The molecular weight excluding hydrogens is 306 g/mol. The third-order valence-electron chi connectivity index (χ3n) is 3.09. The van der Waals surface area contributed by atoms with Crippen molar-refractivity contribution in [3.05, 3.63) is 57.4 Å². The van der Waals surface area contributed by atoms with Crippen LogP contribution in [0.4, 0.5) is 5.69 Å². The number of thiophene rings is 1. The number of nitrogens with one attached hydrogen (secondary N) is 2. The number of amides is 1. The van der Waals surface area contributed by atoms with Crippen LogP contribution >= 0.6 is 22.9 Å². The van der Waals surface area contributed by atoms with Crippen LogP contribution in [0.25, 0.3) is 11.3 Å². The fourth-order valence-corrected chi connectivity index (χ4v) is 2.74. The van der Waals surface area contributed by atoms with Crippen LogP contribution < -0.4 is 5.32 Å². The third-order valence-corrected chi connectivity index (χ3v) is 4.02. The second-order valence-corrected chi connectivity index (χ2v) is 5.76. The fraction of sp³-hybridized carbons (Fsp3) is 0.0667. The lowest BCUT2D eigenvalue weighted by molar-refractivity contribution is 0.102. The summed E-state index contributed by atoms with van der Waals surface area (Å²) in [6.45, 7) is 1.88. The second kappa shape index (κ2) is 5.71. The van der Waals surface area contributed by atoms with Crippen LogP contribution in [0.15, 0.2) is 41.1 Å². The number of aromatic nitrogens is 2. The van der Waals surface area contributed by atoms with E-state index in [2.05, 4.69) is 15.5 Å². The number of benzene rings is 1. The Morgan fingerprint density at radius 1 is 1.29 bits per heavy atom. The largest absolute Gasteiger partial charge is 0.319 e. The molecule has 0 aliphatic carbocycles. The van der Waals surface area contributed by atoms with Gasteiger partial charge in [-0.15, -0.1) is 0 Å². The summed E-state index contributed by atoms with van der Waals surface area (Å²) >= 11 is 7.42. The average molecular weight is 318 g/mol. The number of hydrogen-bond donors (Lipinski definition) is 2. The van der Waals surface area contributed by atoms with Gasteiger partial charge in [0.1, 0.15) is 5.69 Å². The summed E-state index contributed by atoms with van der Waals surface area (Å²) in [6.07, 6.45) is 0. The zero-order valence-electron chi connectivity index (χ0n) is 11.2. The number of carbonyl (C=O) groups excluding carboxylic acids is 1. The molecule has 0 atom stereocenters. The van der Waals surface area contributed by atoms with E-state index in [-0.39, 0.29) is 5.91 Å². The van der Waals surface area contributed by atoms with Crippen LogP contribution in [0.2, 0.25) is 5.02 Å². The number of aryl methyl sites for hydroxylation is 1. The summed E-state index contributed by atoms with van der Waals surface area (Å²) < 4.78 is 0. The topological polar surface area (TPSA) is 57.8 Å². The Morgan fingerprint density at radius 3 is 2.71 bits per heavy atom. The molecule has 1 aromatic carbocycles. The van der Waals surface area contributed by atoms with Gasteiger partial charge in [-0.05, 0) is 42.6 Å². The highest BCUT2D eigenvalue weighted by atomic mass is 35.5. The predicted molar refractivity (Wildman–Crippen MR) is 86.0 cm³/mol. The van der Waals surface area contributed by atoms with E-state index < -0.39 is 0 Å². The number of halogens is 1. The van der Waals surface area contributed by atoms with Gasteiger partial charge in [-0.3, -0.25) is 9.89 Å². The van der Waals surface area contributed by atoms with Crippen LogP contribution in [0, 0.1) is 6.92 Å². The quantitative estimate of drug-likeness (QED) is 0.754. The van der Waals surface area contributed by atoms with Gasteiger partial charge in [0.05, 0.1) is 11.4 Å². The minimum absolute atomic E-state index is 0.187. The van der Waals surface area contributed by atoms with Crippen molar-refractivity contribution in [2.24, 2.45) is 0 Å². The molecular formula is C15H12ClN3OS. The lowest BCUT2D eigenvalue weighted by atomic mass is 10.1. The predicted octanol–water partition coefficient (Wildman–Crippen LogP) is 4.35. The molecule has 1 amide bonds. The highest BCUT2D eigenvalue weighted by molar-refractivity contribution is 7.08. The normalized spacial score (nSPS) is 10.6. The molecule has 0 fully saturated rings. The van der Waals surface area contributed by atoms with E-state index in [1.54, 1.807) is 35.6 Å². The molecule has 2 heterocycles. The molecule has 0 saturated heterocycles. The lowest BCUT2D eigenvalue weighted by Gasteiger charge is -2.06. The summed E-state index contributed by atoms with van der Waals surface area (Å²) in [5.41, 5.74) is 3.80. The molecule has 0 aliphatic rings. The molecule has 2 N–H and O–H groups in total. The number of hydrogen-bond acceptors (Lipinski definition) is 3. The maximum Gasteiger partial charge on any atom is 0.255 e. The molecule has 6 heteroatoms. The van der Waals surface area contributed by atoms with E-state index in [9.17, 15) is 4.79 Å². The van der Waals surface area contributed by atoms with Crippen molar-refractivity contribution in [1.29, 1.82) is 0 Å². The number of anilines is 1. The SMILES string of the molecule is Cc1[nH]nc(-c2ccsc2)c1NC(=O)c1ccc(Cl)cc1. The summed E-state index contributed by atoms with van der Waals surface area (Å²) in [5.74, 6) is -0.187. The monoisotopic (exact) mass is 317 g/mol. The summed E-state index contributed by atoms with van der Waals surface area (Å²) in [6, 6.07) is 8.74. The van der Waals surface area contributed by atoms with Crippen molar-refractivity contribution in [3.63, 3.8) is 0 Å². The Bertz CT molecular complexity index is 763. The highest BCUT2D eigenvalue weighted by Gasteiger charge is 2.16. The van der Waals surface area contributed by atoms with Gasteiger partial charge >= 0.3 is 0 Å². The third kappa shape index (κ3) is 2.84. The van der Waals surface area contributed by atoms with E-state index >= 15 is 0 Å². The van der Waals surface area contributed by atoms with E-state index in [0.717, 1.165) is 17.0 Å². The standard InChI is InChI=1S/C15H12ClN3OS/c1-9-13(14(19-18-9)11-6-7-21-8-11)17-15(20)10-2-4-12(16)5-3-10/h2-8H,1H3,(H,17,20)(H,18,19). The summed E-state index contributed by atoms with van der Waals surface area (Å²) in [5, 5.41) is 14.7. The zero-order chi connectivity index (χ0) is 14.8. The number of rotatable bonds is 3. The van der Waals surface area contributed by atoms with Crippen molar-refractivity contribution < 1.29 is 4.79 Å². The maximum absolute atomic E-state index is 12.3. The van der Waals surface area contributed by atoms with Crippen molar-refractivity contribution in [3.8, 4) is 11.3 Å². The van der Waals surface area contributed by atoms with Crippen LogP contribution in [0.5, 0.6) is 0 Å². The van der Waals surface area contributed by atoms with Gasteiger partial charge in [0.25, 0.3) is 5.91 Å². The van der Waals surface area contributed by atoms with Crippen molar-refractivity contribution in [2.45, 2.75) is 6.92 Å². The molecule has 0 spiro atoms. The Labute approximate surface area is 130 Å². The molecule has 0 radical (unpaired) electrons. The summed E-state index contributed by atoms with van der Waals surface area (Å²) in [4.78, 5) is 12.3. The zero-order valence-corrected chi connectivity index (χ0v) is 12.8. The van der Waals surface area contributed by atoms with E-state index in [4.69, 9.17) is 11.6 Å². The van der Waals surface area contributed by atoms with Crippen molar-refractivity contribution >= 4 is 34.5 Å². The van der Waals surface area contributed by atoms with Gasteiger partial charge in [-0.1, -0.05) is 11.6 Å². The Hall–Kier alpha value is -2.11. The molecule has 3 rings (SSSR count). The fourth-order valence-electron chi connectivity index (χ4n) is 1.98. The lowest BCUT2D eigenvalue weighted by Crippen LogP contribution is -2.12. The van der Waals surface area contributed by atoms with Crippen molar-refractivity contribution in [1.82, 2.24) is 10.2 Å². The van der Waals surface area contributed by atoms with Gasteiger partial charge < -0.3 is 5.32 Å². The van der Waals surface area contributed by atoms with E-state index in [1.807, 2.05) is 23.8 Å². The molecule has 0 aliphatic heterocycles. The number of carbonyl (C=O) groups is 1. The maximum atomic E-state index is 12.3. The molecule has 4 nitrogen and oxygen atoms in total. The first-order chi connectivity index (χ1) is 10.1.